The Morgan fingerprint density at radius 1 is 1.31 bits per heavy atom. The smallest absolute Gasteiger partial charge is 0.350 e. The Morgan fingerprint density at radius 2 is 1.94 bits per heavy atom. The maximum absolute atomic E-state index is 12.7. The molecular weight excluding hydrogens is 211 g/mol. The molecule has 4 heteroatoms. The molecule has 0 aromatic heterocycles. The number of rotatable bonds is 3. The summed E-state index contributed by atoms with van der Waals surface area (Å²) in [5.74, 6) is -0.192. The zero-order chi connectivity index (χ0) is 11.6. The van der Waals surface area contributed by atoms with E-state index in [1.54, 1.807) is 0 Å². The predicted molar refractivity (Wildman–Crippen MR) is 55.6 cm³/mol. The van der Waals surface area contributed by atoms with E-state index in [4.69, 9.17) is 9.47 Å². The van der Waals surface area contributed by atoms with Gasteiger partial charge in [0.15, 0.2) is 0 Å². The molecule has 0 saturated heterocycles. The van der Waals surface area contributed by atoms with Crippen LogP contribution in [0.1, 0.15) is 19.3 Å². The van der Waals surface area contributed by atoms with Crippen molar-refractivity contribution in [2.45, 2.75) is 24.9 Å². The van der Waals surface area contributed by atoms with Crippen LogP contribution < -0.4 is 4.74 Å². The Morgan fingerprint density at radius 3 is 2.38 bits per heavy atom. The first-order chi connectivity index (χ1) is 7.66. The molecule has 0 aliphatic heterocycles. The van der Waals surface area contributed by atoms with Crippen LogP contribution in [-0.2, 0) is 9.53 Å². The molecule has 0 N–H and O–H groups in total. The summed E-state index contributed by atoms with van der Waals surface area (Å²) < 4.78 is 23.0. The molecule has 86 valence electrons. The highest BCUT2D eigenvalue weighted by Crippen LogP contribution is 2.37. The minimum atomic E-state index is -0.855. The van der Waals surface area contributed by atoms with Gasteiger partial charge in [0.2, 0.25) is 5.60 Å². The van der Waals surface area contributed by atoms with Gasteiger partial charge in [0.25, 0.3) is 0 Å². The summed E-state index contributed by atoms with van der Waals surface area (Å²) in [5, 5.41) is 0. The van der Waals surface area contributed by atoms with Crippen molar-refractivity contribution in [2.75, 3.05) is 7.11 Å². The molecule has 3 nitrogen and oxygen atoms in total. The molecule has 2 rings (SSSR count). The highest BCUT2D eigenvalue weighted by atomic mass is 19.1. The Bertz CT molecular complexity index is 382. The van der Waals surface area contributed by atoms with Gasteiger partial charge in [0.05, 0.1) is 7.11 Å². The zero-order valence-electron chi connectivity index (χ0n) is 9.03. The van der Waals surface area contributed by atoms with Crippen LogP contribution in [0, 0.1) is 5.82 Å². The number of carbonyl (C=O) groups is 1. The lowest BCUT2D eigenvalue weighted by Crippen LogP contribution is -2.51. The van der Waals surface area contributed by atoms with Gasteiger partial charge in [-0.3, -0.25) is 0 Å². The van der Waals surface area contributed by atoms with E-state index in [1.165, 1.54) is 31.4 Å². The third-order valence-corrected chi connectivity index (χ3v) is 2.85. The summed E-state index contributed by atoms with van der Waals surface area (Å²) in [4.78, 5) is 11.6. The summed E-state index contributed by atoms with van der Waals surface area (Å²) in [5.41, 5.74) is -0.855. The predicted octanol–water partition coefficient (Wildman–Crippen LogP) is 2.30. The van der Waals surface area contributed by atoms with Crippen LogP contribution in [0.5, 0.6) is 5.75 Å². The number of hydrogen-bond donors (Lipinski definition) is 0. The van der Waals surface area contributed by atoms with E-state index < -0.39 is 5.60 Å². The van der Waals surface area contributed by atoms with Crippen LogP contribution in [0.25, 0.3) is 0 Å². The lowest BCUT2D eigenvalue weighted by Gasteiger charge is -2.38. The molecule has 0 unspecified atom stereocenters. The highest BCUT2D eigenvalue weighted by Gasteiger charge is 2.48. The number of carbonyl (C=O) groups excluding carboxylic acids is 1. The topological polar surface area (TPSA) is 35.5 Å². The molecule has 16 heavy (non-hydrogen) atoms. The highest BCUT2D eigenvalue weighted by molar-refractivity contribution is 5.81. The molecule has 1 aromatic rings. The third-order valence-electron chi connectivity index (χ3n) is 2.85. The molecule has 0 bridgehead atoms. The van der Waals surface area contributed by atoms with Gasteiger partial charge >= 0.3 is 5.97 Å². The van der Waals surface area contributed by atoms with Gasteiger partial charge in [-0.15, -0.1) is 0 Å². The number of ether oxygens (including phenoxy) is 2. The van der Waals surface area contributed by atoms with E-state index in [2.05, 4.69) is 0 Å². The molecule has 0 atom stereocenters. The Labute approximate surface area is 93.2 Å². The SMILES string of the molecule is COC(=O)C1(Oc2ccc(F)cc2)CCC1. The van der Waals surface area contributed by atoms with Crippen molar-refractivity contribution in [3.05, 3.63) is 30.1 Å². The maximum atomic E-state index is 12.7. The van der Waals surface area contributed by atoms with Gasteiger partial charge in [-0.05, 0) is 43.5 Å². The minimum Gasteiger partial charge on any atom is -0.476 e. The third kappa shape index (κ3) is 1.87. The largest absolute Gasteiger partial charge is 0.476 e. The molecule has 1 aliphatic rings. The van der Waals surface area contributed by atoms with Crippen LogP contribution in [0.2, 0.25) is 0 Å². The number of methoxy groups -OCH3 is 1. The van der Waals surface area contributed by atoms with Crippen molar-refractivity contribution in [2.24, 2.45) is 0 Å². The van der Waals surface area contributed by atoms with Crippen LogP contribution in [-0.4, -0.2) is 18.7 Å². The van der Waals surface area contributed by atoms with Gasteiger partial charge < -0.3 is 9.47 Å². The number of hydrogen-bond acceptors (Lipinski definition) is 3. The van der Waals surface area contributed by atoms with E-state index in [0.717, 1.165) is 6.42 Å². The van der Waals surface area contributed by atoms with Gasteiger partial charge in [-0.25, -0.2) is 9.18 Å². The van der Waals surface area contributed by atoms with Gasteiger partial charge in [-0.2, -0.15) is 0 Å². The van der Waals surface area contributed by atoms with Crippen molar-refractivity contribution in [3.63, 3.8) is 0 Å². The normalized spacial score (nSPS) is 17.4. The first-order valence-corrected chi connectivity index (χ1v) is 5.19. The van der Waals surface area contributed by atoms with Gasteiger partial charge in [-0.1, -0.05) is 0 Å². The van der Waals surface area contributed by atoms with Crippen molar-refractivity contribution >= 4 is 5.97 Å². The maximum Gasteiger partial charge on any atom is 0.350 e. The number of benzene rings is 1. The summed E-state index contributed by atoms with van der Waals surface area (Å²) in [6, 6.07) is 5.63. The lowest BCUT2D eigenvalue weighted by molar-refractivity contribution is -0.167. The fourth-order valence-electron chi connectivity index (χ4n) is 1.76. The summed E-state index contributed by atoms with van der Waals surface area (Å²) in [6.07, 6.45) is 2.24. The second-order valence-electron chi connectivity index (χ2n) is 3.90. The molecule has 0 heterocycles. The fourth-order valence-corrected chi connectivity index (χ4v) is 1.76. The van der Waals surface area contributed by atoms with E-state index in [-0.39, 0.29) is 11.8 Å². The van der Waals surface area contributed by atoms with Crippen LogP contribution >= 0.6 is 0 Å². The van der Waals surface area contributed by atoms with Crippen molar-refractivity contribution in [1.29, 1.82) is 0 Å². The number of halogens is 1. The molecule has 0 amide bonds. The average Bonchev–Trinajstić information content (AvgIpc) is 2.25. The molecule has 1 saturated carbocycles. The second kappa shape index (κ2) is 4.12. The first-order valence-electron chi connectivity index (χ1n) is 5.19. The fraction of sp³-hybridized carbons (Fsp3) is 0.417. The quantitative estimate of drug-likeness (QED) is 0.739. The Kier molecular flexibility index (Phi) is 2.81. The summed E-state index contributed by atoms with van der Waals surface area (Å²) >= 11 is 0. The van der Waals surface area contributed by atoms with Gasteiger partial charge in [0.1, 0.15) is 11.6 Å². The number of esters is 1. The Hall–Kier alpha value is -1.58. The molecule has 1 fully saturated rings. The summed E-state index contributed by atoms with van der Waals surface area (Å²) in [6.45, 7) is 0. The van der Waals surface area contributed by atoms with Crippen LogP contribution in [0.15, 0.2) is 24.3 Å². The molecular formula is C12H13FO3. The first kappa shape index (κ1) is 10.9. The molecule has 1 aliphatic carbocycles. The van der Waals surface area contributed by atoms with E-state index in [0.29, 0.717) is 18.6 Å². The molecule has 0 radical (unpaired) electrons. The van der Waals surface area contributed by atoms with Crippen LogP contribution in [0.4, 0.5) is 4.39 Å². The minimum absolute atomic E-state index is 0.326. The monoisotopic (exact) mass is 224 g/mol. The molecule has 0 spiro atoms. The van der Waals surface area contributed by atoms with Crippen LogP contribution in [0.3, 0.4) is 0 Å². The van der Waals surface area contributed by atoms with Gasteiger partial charge in [0, 0.05) is 0 Å². The van der Waals surface area contributed by atoms with E-state index in [1.807, 2.05) is 0 Å². The van der Waals surface area contributed by atoms with Crippen molar-refractivity contribution in [1.82, 2.24) is 0 Å². The summed E-state index contributed by atoms with van der Waals surface area (Å²) in [7, 11) is 1.34. The second-order valence-corrected chi connectivity index (χ2v) is 3.90. The van der Waals surface area contributed by atoms with E-state index >= 15 is 0 Å². The average molecular weight is 224 g/mol. The van der Waals surface area contributed by atoms with Crippen molar-refractivity contribution < 1.29 is 18.7 Å². The standard InChI is InChI=1S/C12H13FO3/c1-15-11(14)12(7-2-8-12)16-10-5-3-9(13)4-6-10/h3-6H,2,7-8H2,1H3. The van der Waals surface area contributed by atoms with Crippen molar-refractivity contribution in [3.8, 4) is 5.75 Å². The zero-order valence-corrected chi connectivity index (χ0v) is 9.03. The lowest BCUT2D eigenvalue weighted by atomic mass is 9.80. The molecule has 1 aromatic carbocycles. The Balaban J connectivity index is 2.13. The van der Waals surface area contributed by atoms with E-state index in [9.17, 15) is 9.18 Å².